The first kappa shape index (κ1) is 21.9. The lowest BCUT2D eigenvalue weighted by molar-refractivity contribution is 0.380. The maximum absolute atomic E-state index is 5.56. The van der Waals surface area contributed by atoms with Gasteiger partial charge in [0, 0.05) is 31.1 Å². The molecule has 8 heteroatoms. The molecule has 0 radical (unpaired) electrons. The van der Waals surface area contributed by atoms with Crippen molar-refractivity contribution in [1.82, 2.24) is 20.8 Å². The maximum atomic E-state index is 5.56. The number of guanidine groups is 1. The largest absolute Gasteiger partial charge is 0.444 e. The monoisotopic (exact) mass is 495 g/mol. The second-order valence-corrected chi connectivity index (χ2v) is 6.03. The third-order valence-corrected chi connectivity index (χ3v) is 4.27. The van der Waals surface area contributed by atoms with E-state index in [4.69, 9.17) is 8.94 Å². The first-order valence-electron chi connectivity index (χ1n) is 9.15. The Hall–Kier alpha value is -2.36. The van der Waals surface area contributed by atoms with Crippen molar-refractivity contribution in [2.45, 2.75) is 39.8 Å². The summed E-state index contributed by atoms with van der Waals surface area (Å²) in [4.78, 5) is 8.78. The van der Waals surface area contributed by atoms with Gasteiger partial charge in [-0.1, -0.05) is 37.2 Å². The van der Waals surface area contributed by atoms with Crippen LogP contribution in [0.3, 0.4) is 0 Å². The number of aromatic nitrogens is 2. The van der Waals surface area contributed by atoms with Crippen LogP contribution >= 0.6 is 24.0 Å². The van der Waals surface area contributed by atoms with Crippen molar-refractivity contribution < 1.29 is 8.94 Å². The number of hydrogen-bond donors (Lipinski definition) is 2. The Kier molecular flexibility index (Phi) is 8.49. The molecule has 7 nitrogen and oxygen atoms in total. The van der Waals surface area contributed by atoms with Crippen LogP contribution in [0.25, 0.3) is 11.5 Å². The molecule has 2 heterocycles. The van der Waals surface area contributed by atoms with E-state index in [0.29, 0.717) is 24.9 Å². The summed E-state index contributed by atoms with van der Waals surface area (Å²) in [6.07, 6.45) is 3.32. The molecule has 3 rings (SSSR count). The minimum Gasteiger partial charge on any atom is -0.444 e. The van der Waals surface area contributed by atoms with Crippen molar-refractivity contribution in [2.75, 3.05) is 7.05 Å². The molecule has 0 saturated carbocycles. The molecule has 0 aliphatic heterocycles. The Balaban J connectivity index is 0.00000280. The zero-order chi connectivity index (χ0) is 19.1. The molecule has 0 atom stereocenters. The highest BCUT2D eigenvalue weighted by Crippen LogP contribution is 2.18. The van der Waals surface area contributed by atoms with Gasteiger partial charge in [-0.3, -0.25) is 4.99 Å². The summed E-state index contributed by atoms with van der Waals surface area (Å²) >= 11 is 0. The molecule has 28 heavy (non-hydrogen) atoms. The predicted molar refractivity (Wildman–Crippen MR) is 120 cm³/mol. The average molecular weight is 495 g/mol. The summed E-state index contributed by atoms with van der Waals surface area (Å²) in [5, 5.41) is 10.7. The highest BCUT2D eigenvalue weighted by Gasteiger charge is 2.14. The summed E-state index contributed by atoms with van der Waals surface area (Å²) in [7, 11) is 1.74. The molecule has 0 spiro atoms. The fourth-order valence-corrected chi connectivity index (χ4v) is 2.81. The summed E-state index contributed by atoms with van der Waals surface area (Å²) in [5.74, 6) is 2.21. The van der Waals surface area contributed by atoms with Crippen molar-refractivity contribution in [3.63, 3.8) is 0 Å². The smallest absolute Gasteiger partial charge is 0.226 e. The van der Waals surface area contributed by atoms with E-state index in [-0.39, 0.29) is 24.0 Å². The predicted octanol–water partition coefficient (Wildman–Crippen LogP) is 3.94. The van der Waals surface area contributed by atoms with E-state index >= 15 is 0 Å². The third kappa shape index (κ3) is 5.34. The van der Waals surface area contributed by atoms with Crippen molar-refractivity contribution in [3.05, 3.63) is 59.3 Å². The van der Waals surface area contributed by atoms with Gasteiger partial charge in [-0.05, 0) is 18.6 Å². The number of rotatable bonds is 7. The molecule has 2 N–H and O–H groups in total. The maximum Gasteiger partial charge on any atom is 0.226 e. The zero-order valence-corrected chi connectivity index (χ0v) is 18.7. The van der Waals surface area contributed by atoms with Gasteiger partial charge >= 0.3 is 0 Å². The normalized spacial score (nSPS) is 11.2. The Morgan fingerprint density at radius 3 is 2.50 bits per heavy atom. The fourth-order valence-electron chi connectivity index (χ4n) is 2.81. The number of halogens is 1. The summed E-state index contributed by atoms with van der Waals surface area (Å²) < 4.78 is 11.0. The summed E-state index contributed by atoms with van der Waals surface area (Å²) in [6, 6.07) is 9.83. The second-order valence-electron chi connectivity index (χ2n) is 6.03. The molecule has 1 aromatic carbocycles. The van der Waals surface area contributed by atoms with Gasteiger partial charge in [0.25, 0.3) is 0 Å². The molecular weight excluding hydrogens is 469 g/mol. The quantitative estimate of drug-likeness (QED) is 0.293. The van der Waals surface area contributed by atoms with Gasteiger partial charge in [-0.15, -0.1) is 24.0 Å². The van der Waals surface area contributed by atoms with Crippen LogP contribution < -0.4 is 10.6 Å². The average Bonchev–Trinajstić information content (AvgIpc) is 3.35. The highest BCUT2D eigenvalue weighted by atomic mass is 127. The van der Waals surface area contributed by atoms with E-state index in [2.05, 4.69) is 39.6 Å². The molecule has 2 aromatic heterocycles. The van der Waals surface area contributed by atoms with Crippen LogP contribution in [0.2, 0.25) is 0 Å². The summed E-state index contributed by atoms with van der Waals surface area (Å²) in [6.45, 7) is 5.26. The van der Waals surface area contributed by atoms with Gasteiger partial charge in [0.1, 0.15) is 12.0 Å². The lowest BCUT2D eigenvalue weighted by Crippen LogP contribution is -2.36. The molecule has 0 unspecified atom stereocenters. The standard InChI is InChI=1S/C20H25N5O2.HI/c1-4-17-16(18(5-2)27-25-17)12-23-20(21-3)22-11-15-13-26-19(24-15)14-9-7-6-8-10-14;/h6-10,13H,4-5,11-12H2,1-3H3,(H2,21,22,23);1H. The van der Waals surface area contributed by atoms with Gasteiger partial charge in [0.05, 0.1) is 17.9 Å². The van der Waals surface area contributed by atoms with E-state index in [1.54, 1.807) is 13.3 Å². The van der Waals surface area contributed by atoms with Gasteiger partial charge in [0.2, 0.25) is 5.89 Å². The lowest BCUT2D eigenvalue weighted by Gasteiger charge is -2.11. The van der Waals surface area contributed by atoms with E-state index in [9.17, 15) is 0 Å². The first-order valence-corrected chi connectivity index (χ1v) is 9.15. The Bertz CT molecular complexity index is 868. The number of aryl methyl sites for hydroxylation is 2. The van der Waals surface area contributed by atoms with Crippen LogP contribution in [0, 0.1) is 0 Å². The third-order valence-electron chi connectivity index (χ3n) is 4.27. The van der Waals surface area contributed by atoms with E-state index in [1.165, 1.54) is 0 Å². The van der Waals surface area contributed by atoms with Crippen LogP contribution in [0.4, 0.5) is 0 Å². The zero-order valence-electron chi connectivity index (χ0n) is 16.4. The molecule has 150 valence electrons. The van der Waals surface area contributed by atoms with Crippen LogP contribution in [-0.4, -0.2) is 23.1 Å². The lowest BCUT2D eigenvalue weighted by atomic mass is 10.1. The number of nitrogens with one attached hydrogen (secondary N) is 2. The van der Waals surface area contributed by atoms with Crippen LogP contribution in [0.1, 0.15) is 36.6 Å². The number of oxazole rings is 1. The SMILES string of the molecule is CCc1noc(CC)c1CNC(=NC)NCc1coc(-c2ccccc2)n1.I. The van der Waals surface area contributed by atoms with Gasteiger partial charge in [-0.25, -0.2) is 4.98 Å². The topological polar surface area (TPSA) is 88.5 Å². The minimum atomic E-state index is 0. The van der Waals surface area contributed by atoms with Gasteiger partial charge in [-0.2, -0.15) is 0 Å². The Morgan fingerprint density at radius 1 is 1.07 bits per heavy atom. The number of hydrogen-bond acceptors (Lipinski definition) is 5. The Morgan fingerprint density at radius 2 is 1.82 bits per heavy atom. The molecule has 0 aliphatic carbocycles. The number of aliphatic imine (C=N–C) groups is 1. The van der Waals surface area contributed by atoms with Crippen LogP contribution in [0.15, 0.2) is 50.5 Å². The number of benzene rings is 1. The molecule has 0 saturated heterocycles. The molecule has 0 fully saturated rings. The van der Waals surface area contributed by atoms with Crippen LogP contribution in [-0.2, 0) is 25.9 Å². The van der Waals surface area contributed by atoms with Gasteiger partial charge in [0.15, 0.2) is 5.96 Å². The highest BCUT2D eigenvalue weighted by molar-refractivity contribution is 14.0. The van der Waals surface area contributed by atoms with Crippen molar-refractivity contribution in [2.24, 2.45) is 4.99 Å². The molecule has 3 aromatic rings. The minimum absolute atomic E-state index is 0. The van der Waals surface area contributed by atoms with E-state index in [0.717, 1.165) is 41.1 Å². The molecule has 0 aliphatic rings. The van der Waals surface area contributed by atoms with Crippen LogP contribution in [0.5, 0.6) is 0 Å². The van der Waals surface area contributed by atoms with E-state index in [1.807, 2.05) is 30.3 Å². The number of nitrogens with zero attached hydrogens (tertiary/aromatic N) is 3. The van der Waals surface area contributed by atoms with Crippen molar-refractivity contribution in [3.8, 4) is 11.5 Å². The fraction of sp³-hybridized carbons (Fsp3) is 0.350. The van der Waals surface area contributed by atoms with Gasteiger partial charge < -0.3 is 19.6 Å². The Labute approximate surface area is 182 Å². The van der Waals surface area contributed by atoms with E-state index < -0.39 is 0 Å². The molecular formula is C20H26IN5O2. The first-order chi connectivity index (χ1) is 13.2. The summed E-state index contributed by atoms with van der Waals surface area (Å²) in [5.41, 5.74) is 3.86. The molecule has 0 amide bonds. The van der Waals surface area contributed by atoms with Crippen molar-refractivity contribution >= 4 is 29.9 Å². The van der Waals surface area contributed by atoms with Crippen molar-refractivity contribution in [1.29, 1.82) is 0 Å². The second kappa shape index (κ2) is 10.8. The molecule has 0 bridgehead atoms.